The van der Waals surface area contributed by atoms with Gasteiger partial charge in [-0.2, -0.15) is 0 Å². The summed E-state index contributed by atoms with van der Waals surface area (Å²) in [6, 6.07) is 16.9. The van der Waals surface area contributed by atoms with Gasteiger partial charge in [0, 0.05) is 24.9 Å². The lowest BCUT2D eigenvalue weighted by atomic mass is 9.75. The molecule has 5 nitrogen and oxygen atoms in total. The van der Waals surface area contributed by atoms with Gasteiger partial charge in [-0.15, -0.1) is 0 Å². The summed E-state index contributed by atoms with van der Waals surface area (Å²) in [5.74, 6) is -1.19. The molecule has 1 N–H and O–H groups in total. The first-order chi connectivity index (χ1) is 15.4. The molecule has 33 heavy (non-hydrogen) atoms. The summed E-state index contributed by atoms with van der Waals surface area (Å²) in [5.41, 5.74) is 2.72. The molecule has 0 radical (unpaired) electrons. The molecule has 0 fully saturated rings. The second-order valence-electron chi connectivity index (χ2n) is 9.81. The number of ether oxygens (including phenoxy) is 1. The highest BCUT2D eigenvalue weighted by atomic mass is 16.5. The van der Waals surface area contributed by atoms with Gasteiger partial charge in [0.1, 0.15) is 6.61 Å². The number of hydrogen-bond acceptors (Lipinski definition) is 4. The molecular weight excluding hydrogens is 414 g/mol. The fourth-order valence-corrected chi connectivity index (χ4v) is 4.44. The number of benzene rings is 2. The summed E-state index contributed by atoms with van der Waals surface area (Å²) in [4.78, 5) is 26.0. The predicted molar refractivity (Wildman–Crippen MR) is 132 cm³/mol. The van der Waals surface area contributed by atoms with E-state index in [0.29, 0.717) is 12.1 Å². The number of aliphatic carboxylic acids is 1. The maximum atomic E-state index is 12.2. The molecule has 0 aliphatic heterocycles. The Bertz CT molecular complexity index is 926. The summed E-state index contributed by atoms with van der Waals surface area (Å²) < 4.78 is 5.24. The van der Waals surface area contributed by atoms with Crippen molar-refractivity contribution in [2.24, 2.45) is 0 Å². The minimum Gasteiger partial charge on any atom is -0.481 e. The van der Waals surface area contributed by atoms with E-state index in [2.05, 4.69) is 44.7 Å². The van der Waals surface area contributed by atoms with Crippen LogP contribution in [0.15, 0.2) is 48.5 Å². The van der Waals surface area contributed by atoms with Crippen LogP contribution in [-0.2, 0) is 26.3 Å². The van der Waals surface area contributed by atoms with Crippen molar-refractivity contribution in [2.75, 3.05) is 6.54 Å². The highest BCUT2D eigenvalue weighted by Gasteiger charge is 2.34. The Morgan fingerprint density at radius 3 is 2.12 bits per heavy atom. The van der Waals surface area contributed by atoms with Crippen molar-refractivity contribution in [2.45, 2.75) is 84.9 Å². The van der Waals surface area contributed by atoms with E-state index in [-0.39, 0.29) is 18.5 Å². The molecule has 1 atom stereocenters. The Hall–Kier alpha value is -2.66. The second-order valence-corrected chi connectivity index (χ2v) is 9.81. The van der Waals surface area contributed by atoms with Gasteiger partial charge in [-0.1, -0.05) is 48.5 Å². The van der Waals surface area contributed by atoms with Gasteiger partial charge in [-0.05, 0) is 76.8 Å². The van der Waals surface area contributed by atoms with Crippen LogP contribution in [0.2, 0.25) is 0 Å². The van der Waals surface area contributed by atoms with Gasteiger partial charge >= 0.3 is 11.9 Å². The van der Waals surface area contributed by atoms with Crippen LogP contribution in [0, 0.1) is 0 Å². The van der Waals surface area contributed by atoms with Crippen LogP contribution >= 0.6 is 0 Å². The first kappa shape index (κ1) is 26.6. The van der Waals surface area contributed by atoms with E-state index in [4.69, 9.17) is 4.74 Å². The standard InChI is InChI=1S/C28H39NO4/c1-19(2)29(20(3)4)16-15-24(23-11-9-8-10-12-23)25-17-22(18-33-21(5)30)13-14-26(25)28(6,7)27(31)32/h8-14,17,19-20,24H,15-16,18H2,1-7H3,(H,31,32). The Morgan fingerprint density at radius 2 is 1.61 bits per heavy atom. The highest BCUT2D eigenvalue weighted by Crippen LogP contribution is 2.37. The van der Waals surface area contributed by atoms with Crippen molar-refractivity contribution in [1.82, 2.24) is 4.90 Å². The van der Waals surface area contributed by atoms with Crippen molar-refractivity contribution in [3.8, 4) is 0 Å². The molecule has 5 heteroatoms. The summed E-state index contributed by atoms with van der Waals surface area (Å²) in [5, 5.41) is 10.0. The monoisotopic (exact) mass is 453 g/mol. The maximum Gasteiger partial charge on any atom is 0.313 e. The Morgan fingerprint density at radius 1 is 1.00 bits per heavy atom. The van der Waals surface area contributed by atoms with Gasteiger partial charge < -0.3 is 9.84 Å². The fourth-order valence-electron chi connectivity index (χ4n) is 4.44. The van der Waals surface area contributed by atoms with Crippen LogP contribution < -0.4 is 0 Å². The largest absolute Gasteiger partial charge is 0.481 e. The zero-order valence-electron chi connectivity index (χ0n) is 21.1. The maximum absolute atomic E-state index is 12.2. The van der Waals surface area contributed by atoms with E-state index >= 15 is 0 Å². The molecule has 0 spiro atoms. The van der Waals surface area contributed by atoms with Crippen molar-refractivity contribution in [1.29, 1.82) is 0 Å². The lowest BCUT2D eigenvalue weighted by molar-refractivity contribution is -0.143. The third kappa shape index (κ3) is 6.91. The van der Waals surface area contributed by atoms with E-state index in [1.54, 1.807) is 13.8 Å². The Labute approximate surface area is 198 Å². The lowest BCUT2D eigenvalue weighted by Gasteiger charge is -2.34. The number of esters is 1. The van der Waals surface area contributed by atoms with Crippen molar-refractivity contribution < 1.29 is 19.4 Å². The molecule has 2 rings (SSSR count). The van der Waals surface area contributed by atoms with Gasteiger partial charge in [0.25, 0.3) is 0 Å². The van der Waals surface area contributed by atoms with Gasteiger partial charge in [-0.25, -0.2) is 0 Å². The van der Waals surface area contributed by atoms with Crippen LogP contribution in [0.5, 0.6) is 0 Å². The van der Waals surface area contributed by atoms with Crippen molar-refractivity contribution >= 4 is 11.9 Å². The first-order valence-corrected chi connectivity index (χ1v) is 11.8. The van der Waals surface area contributed by atoms with E-state index < -0.39 is 11.4 Å². The van der Waals surface area contributed by atoms with Crippen LogP contribution in [-0.4, -0.2) is 40.6 Å². The molecule has 0 bridgehead atoms. The van der Waals surface area contributed by atoms with Gasteiger partial charge in [0.05, 0.1) is 5.41 Å². The van der Waals surface area contributed by atoms with Crippen LogP contribution in [0.25, 0.3) is 0 Å². The SMILES string of the molecule is CC(=O)OCc1ccc(C(C)(C)C(=O)O)c(C(CCN(C(C)C)C(C)C)c2ccccc2)c1. The predicted octanol–water partition coefficient (Wildman–Crippen LogP) is 5.75. The summed E-state index contributed by atoms with van der Waals surface area (Å²) in [7, 11) is 0. The average molecular weight is 454 g/mol. The highest BCUT2D eigenvalue weighted by molar-refractivity contribution is 5.81. The molecular formula is C28H39NO4. The van der Waals surface area contributed by atoms with Crippen LogP contribution in [0.4, 0.5) is 0 Å². The van der Waals surface area contributed by atoms with Crippen LogP contribution in [0.3, 0.4) is 0 Å². The van der Waals surface area contributed by atoms with Gasteiger partial charge in [0.15, 0.2) is 0 Å². The quantitative estimate of drug-likeness (QED) is 0.439. The minimum atomic E-state index is -1.06. The van der Waals surface area contributed by atoms with Crippen LogP contribution in [0.1, 0.15) is 83.1 Å². The number of nitrogens with zero attached hydrogens (tertiary/aromatic N) is 1. The van der Waals surface area contributed by atoms with E-state index in [9.17, 15) is 14.7 Å². The molecule has 0 heterocycles. The van der Waals surface area contributed by atoms with E-state index in [1.807, 2.05) is 36.4 Å². The Balaban J connectivity index is 2.61. The minimum absolute atomic E-state index is 0.0112. The molecule has 2 aromatic carbocycles. The lowest BCUT2D eigenvalue weighted by Crippen LogP contribution is -2.38. The molecule has 1 unspecified atom stereocenters. The number of carbonyl (C=O) groups excluding carboxylic acids is 1. The number of rotatable bonds is 11. The van der Waals surface area contributed by atoms with Crippen molar-refractivity contribution in [3.63, 3.8) is 0 Å². The normalized spacial score (nSPS) is 12.9. The molecule has 0 aromatic heterocycles. The molecule has 0 saturated carbocycles. The molecule has 180 valence electrons. The topological polar surface area (TPSA) is 66.8 Å². The summed E-state index contributed by atoms with van der Waals surface area (Å²) >= 11 is 0. The second kappa shape index (κ2) is 11.5. The molecule has 0 aliphatic carbocycles. The summed E-state index contributed by atoms with van der Waals surface area (Å²) in [6.07, 6.45) is 0.847. The number of hydrogen-bond donors (Lipinski definition) is 1. The van der Waals surface area contributed by atoms with Gasteiger partial charge in [-0.3, -0.25) is 14.5 Å². The number of carboxylic acid groups (broad SMARTS) is 1. The van der Waals surface area contributed by atoms with E-state index in [1.165, 1.54) is 6.92 Å². The van der Waals surface area contributed by atoms with Crippen molar-refractivity contribution in [3.05, 3.63) is 70.8 Å². The van der Waals surface area contributed by atoms with E-state index in [0.717, 1.165) is 35.2 Å². The Kier molecular flexibility index (Phi) is 9.24. The fraction of sp³-hybridized carbons (Fsp3) is 0.500. The third-order valence-corrected chi connectivity index (χ3v) is 6.35. The first-order valence-electron chi connectivity index (χ1n) is 11.8. The molecule has 2 aromatic rings. The molecule has 0 amide bonds. The average Bonchev–Trinajstić information content (AvgIpc) is 2.75. The zero-order valence-corrected chi connectivity index (χ0v) is 21.1. The summed E-state index contributed by atoms with van der Waals surface area (Å²) in [6.45, 7) is 14.8. The van der Waals surface area contributed by atoms with Gasteiger partial charge in [0.2, 0.25) is 0 Å². The zero-order chi connectivity index (χ0) is 24.8. The molecule has 0 aliphatic rings. The third-order valence-electron chi connectivity index (χ3n) is 6.35. The molecule has 0 saturated heterocycles. The number of carbonyl (C=O) groups is 2. The smallest absolute Gasteiger partial charge is 0.313 e. The number of carboxylic acids is 1.